The number of rotatable bonds is 7. The molecule has 1 aliphatic heterocycles. The third-order valence-corrected chi connectivity index (χ3v) is 4.94. The Labute approximate surface area is 158 Å². The quantitative estimate of drug-likeness (QED) is 0.578. The van der Waals surface area contributed by atoms with E-state index in [0.717, 1.165) is 19.3 Å². The average Bonchev–Trinajstić information content (AvgIpc) is 3.17. The predicted octanol–water partition coefficient (Wildman–Crippen LogP) is 3.29. The van der Waals surface area contributed by atoms with Crippen molar-refractivity contribution in [2.45, 2.75) is 31.3 Å². The topological polar surface area (TPSA) is 94.2 Å². The first-order valence-electron chi connectivity index (χ1n) is 9.04. The van der Waals surface area contributed by atoms with Crippen LogP contribution in [0.5, 0.6) is 0 Å². The van der Waals surface area contributed by atoms with Gasteiger partial charge >= 0.3 is 0 Å². The number of hydrazine groups is 1. The van der Waals surface area contributed by atoms with Gasteiger partial charge in [-0.2, -0.15) is 5.26 Å². The van der Waals surface area contributed by atoms with Crippen LogP contribution in [0.4, 0.5) is 11.4 Å². The van der Waals surface area contributed by atoms with Gasteiger partial charge in [-0.1, -0.05) is 30.3 Å². The first-order valence-corrected chi connectivity index (χ1v) is 9.04. The van der Waals surface area contributed by atoms with Crippen LogP contribution in [-0.4, -0.2) is 24.6 Å². The molecule has 2 N–H and O–H groups in total. The largest absolute Gasteiger partial charge is 0.369 e. The van der Waals surface area contributed by atoms with E-state index in [-0.39, 0.29) is 5.69 Å². The smallest absolute Gasteiger partial charge is 0.293 e. The lowest BCUT2D eigenvalue weighted by Gasteiger charge is -2.20. The predicted molar refractivity (Wildman–Crippen MR) is 104 cm³/mol. The molecule has 0 radical (unpaired) electrons. The number of hydrogen-bond donors (Lipinski definition) is 2. The van der Waals surface area contributed by atoms with Gasteiger partial charge in [0.25, 0.3) is 5.69 Å². The fourth-order valence-electron chi connectivity index (χ4n) is 3.47. The molecule has 1 heterocycles. The van der Waals surface area contributed by atoms with E-state index >= 15 is 0 Å². The van der Waals surface area contributed by atoms with E-state index in [0.29, 0.717) is 29.9 Å². The van der Waals surface area contributed by atoms with Crippen molar-refractivity contribution in [1.82, 2.24) is 10.9 Å². The minimum Gasteiger partial charge on any atom is -0.369 e. The Hall–Kier alpha value is -2.95. The number of hydrogen-bond acceptors (Lipinski definition) is 6. The van der Waals surface area contributed by atoms with Gasteiger partial charge in [-0.3, -0.25) is 21.0 Å². The third-order valence-electron chi connectivity index (χ3n) is 4.94. The molecule has 2 unspecified atom stereocenters. The fraction of sp³-hybridized carbons (Fsp3) is 0.350. The van der Waals surface area contributed by atoms with E-state index in [2.05, 4.69) is 23.0 Å². The summed E-state index contributed by atoms with van der Waals surface area (Å²) in [6.07, 6.45) is 2.91. The molecule has 1 fully saturated rings. The molecule has 0 spiro atoms. The molecule has 0 aromatic heterocycles. The number of nitrogens with one attached hydrogen (secondary N) is 2. The Bertz CT molecular complexity index is 834. The van der Waals surface area contributed by atoms with E-state index in [1.165, 1.54) is 11.6 Å². The highest BCUT2D eigenvalue weighted by Crippen LogP contribution is 2.29. The van der Waals surface area contributed by atoms with Gasteiger partial charge in [0, 0.05) is 31.7 Å². The Balaban J connectivity index is 1.53. The Morgan fingerprint density at radius 3 is 2.74 bits per heavy atom. The van der Waals surface area contributed by atoms with Crippen LogP contribution < -0.4 is 15.8 Å². The minimum absolute atomic E-state index is 0.0265. The lowest BCUT2D eigenvalue weighted by molar-refractivity contribution is -0.384. The van der Waals surface area contributed by atoms with E-state index in [4.69, 9.17) is 5.26 Å². The molecule has 2 atom stereocenters. The average molecular weight is 365 g/mol. The molecule has 0 aliphatic carbocycles. The third kappa shape index (κ3) is 4.61. The van der Waals surface area contributed by atoms with Gasteiger partial charge in [0.1, 0.15) is 5.69 Å². The van der Waals surface area contributed by atoms with E-state index in [1.54, 1.807) is 12.1 Å². The Kier molecular flexibility index (Phi) is 6.01. The summed E-state index contributed by atoms with van der Waals surface area (Å²) in [4.78, 5) is 12.8. The van der Waals surface area contributed by atoms with Gasteiger partial charge in [-0.25, -0.2) is 0 Å². The summed E-state index contributed by atoms with van der Waals surface area (Å²) in [5.41, 5.74) is 8.78. The standard InChI is InChI=1S/C20H23N5O2/c1-24(19-10-9-15(14-21)12-20(19)25(26)27)11-5-8-17-13-18(23-22-17)16-6-3-2-4-7-16/h2-4,6-7,9-10,12,17-18,22-23H,5,8,11,13H2,1H3. The van der Waals surface area contributed by atoms with Crippen molar-refractivity contribution < 1.29 is 4.92 Å². The lowest BCUT2D eigenvalue weighted by atomic mass is 10.00. The van der Waals surface area contributed by atoms with Gasteiger partial charge in [0.2, 0.25) is 0 Å². The maximum Gasteiger partial charge on any atom is 0.293 e. The summed E-state index contributed by atoms with van der Waals surface area (Å²) < 4.78 is 0. The van der Waals surface area contributed by atoms with Crippen LogP contribution in [0.2, 0.25) is 0 Å². The zero-order chi connectivity index (χ0) is 19.2. The minimum atomic E-state index is -0.431. The van der Waals surface area contributed by atoms with Crippen molar-refractivity contribution in [3.8, 4) is 6.07 Å². The zero-order valence-corrected chi connectivity index (χ0v) is 15.3. The van der Waals surface area contributed by atoms with E-state index in [9.17, 15) is 10.1 Å². The van der Waals surface area contributed by atoms with Crippen LogP contribution in [-0.2, 0) is 0 Å². The van der Waals surface area contributed by atoms with Gasteiger partial charge in [0.05, 0.1) is 16.6 Å². The van der Waals surface area contributed by atoms with Gasteiger partial charge < -0.3 is 4.90 Å². The lowest BCUT2D eigenvalue weighted by Crippen LogP contribution is -2.31. The first-order chi connectivity index (χ1) is 13.1. The van der Waals surface area contributed by atoms with Gasteiger partial charge in [-0.15, -0.1) is 0 Å². The van der Waals surface area contributed by atoms with Crippen molar-refractivity contribution >= 4 is 11.4 Å². The van der Waals surface area contributed by atoms with Crippen LogP contribution in [0.25, 0.3) is 0 Å². The molecule has 0 saturated carbocycles. The first kappa shape index (κ1) is 18.8. The molecule has 7 nitrogen and oxygen atoms in total. The van der Waals surface area contributed by atoms with E-state index in [1.807, 2.05) is 36.2 Å². The zero-order valence-electron chi connectivity index (χ0n) is 15.3. The Morgan fingerprint density at radius 1 is 1.26 bits per heavy atom. The van der Waals surface area contributed by atoms with Crippen LogP contribution in [0, 0.1) is 21.4 Å². The second kappa shape index (κ2) is 8.62. The molecule has 2 aromatic carbocycles. The molecule has 7 heteroatoms. The molecule has 140 valence electrons. The molecule has 1 aliphatic rings. The molecule has 0 amide bonds. The second-order valence-electron chi connectivity index (χ2n) is 6.82. The molecule has 2 aromatic rings. The molecule has 1 saturated heterocycles. The van der Waals surface area contributed by atoms with Crippen LogP contribution in [0.3, 0.4) is 0 Å². The van der Waals surface area contributed by atoms with Crippen molar-refractivity contribution in [3.63, 3.8) is 0 Å². The fourth-order valence-corrected chi connectivity index (χ4v) is 3.47. The van der Waals surface area contributed by atoms with Crippen molar-refractivity contribution in [2.24, 2.45) is 0 Å². The maximum absolute atomic E-state index is 11.3. The van der Waals surface area contributed by atoms with Crippen molar-refractivity contribution in [2.75, 3.05) is 18.5 Å². The highest BCUT2D eigenvalue weighted by atomic mass is 16.6. The molecule has 3 rings (SSSR count). The van der Waals surface area contributed by atoms with Gasteiger partial charge in [0.15, 0.2) is 0 Å². The van der Waals surface area contributed by atoms with Crippen molar-refractivity contribution in [3.05, 3.63) is 69.8 Å². The van der Waals surface area contributed by atoms with Crippen LogP contribution >= 0.6 is 0 Å². The van der Waals surface area contributed by atoms with E-state index < -0.39 is 4.92 Å². The number of nitriles is 1. The van der Waals surface area contributed by atoms with Crippen LogP contribution in [0.15, 0.2) is 48.5 Å². The van der Waals surface area contributed by atoms with Crippen molar-refractivity contribution in [1.29, 1.82) is 5.26 Å². The molecular weight excluding hydrogens is 342 g/mol. The second-order valence-corrected chi connectivity index (χ2v) is 6.82. The number of nitro benzene ring substituents is 1. The van der Waals surface area contributed by atoms with Crippen LogP contribution in [0.1, 0.15) is 36.4 Å². The number of nitro groups is 1. The monoisotopic (exact) mass is 365 g/mol. The summed E-state index contributed by atoms with van der Waals surface area (Å²) in [7, 11) is 1.85. The van der Waals surface area contributed by atoms with Gasteiger partial charge in [-0.05, 0) is 37.0 Å². The molecule has 0 bridgehead atoms. The summed E-state index contributed by atoms with van der Waals surface area (Å²) in [5, 5.41) is 20.2. The summed E-state index contributed by atoms with van der Waals surface area (Å²) in [5.74, 6) is 0. The number of anilines is 1. The number of benzene rings is 2. The number of nitrogens with zero attached hydrogens (tertiary/aromatic N) is 3. The summed E-state index contributed by atoms with van der Waals surface area (Å²) in [6.45, 7) is 0.709. The highest BCUT2D eigenvalue weighted by Gasteiger charge is 2.24. The summed E-state index contributed by atoms with van der Waals surface area (Å²) >= 11 is 0. The normalized spacial score (nSPS) is 18.8. The summed E-state index contributed by atoms with van der Waals surface area (Å²) in [6, 6.07) is 17.6. The SMILES string of the molecule is CN(CCCC1CC(c2ccccc2)NN1)c1ccc(C#N)cc1[N+](=O)[O-]. The molecular formula is C20H23N5O2. The Morgan fingerprint density at radius 2 is 2.04 bits per heavy atom. The maximum atomic E-state index is 11.3. The highest BCUT2D eigenvalue weighted by molar-refractivity contribution is 5.65. The molecule has 27 heavy (non-hydrogen) atoms.